The second kappa shape index (κ2) is 8.34. The number of amides is 2. The lowest BCUT2D eigenvalue weighted by atomic mass is 9.49. The Morgan fingerprint density at radius 1 is 1.06 bits per heavy atom. The summed E-state index contributed by atoms with van der Waals surface area (Å²) in [7, 11) is 0. The van der Waals surface area contributed by atoms with Crippen LogP contribution < -0.4 is 10.6 Å². The molecule has 31 heavy (non-hydrogen) atoms. The third-order valence-electron chi connectivity index (χ3n) is 7.25. The van der Waals surface area contributed by atoms with Crippen LogP contribution in [0, 0.1) is 29.0 Å². The Bertz CT molecular complexity index is 936. The van der Waals surface area contributed by atoms with Crippen LogP contribution in [-0.4, -0.2) is 23.3 Å². The standard InChI is InChI=1S/C24H28FN3O2S/c25-19-3-1-15(2-4-19)10-20-14-27-23(31-20)28-21(29)5-6-26-22(30)24-11-16-7-17(12-24)9-18(8-16)13-24/h1-4,14,16-18H,5-13H2,(H,26,30)(H,27,28,29). The lowest BCUT2D eigenvalue weighted by Crippen LogP contribution is -2.53. The van der Waals surface area contributed by atoms with E-state index in [2.05, 4.69) is 15.6 Å². The van der Waals surface area contributed by atoms with Crippen molar-refractivity contribution in [2.24, 2.45) is 23.2 Å². The van der Waals surface area contributed by atoms with E-state index in [4.69, 9.17) is 0 Å². The van der Waals surface area contributed by atoms with Gasteiger partial charge in [-0.3, -0.25) is 9.59 Å². The molecule has 4 fully saturated rings. The average Bonchev–Trinajstić information content (AvgIpc) is 3.15. The van der Waals surface area contributed by atoms with Crippen molar-refractivity contribution in [2.45, 2.75) is 51.4 Å². The van der Waals surface area contributed by atoms with E-state index >= 15 is 0 Å². The number of benzene rings is 1. The summed E-state index contributed by atoms with van der Waals surface area (Å²) < 4.78 is 13.0. The maximum absolute atomic E-state index is 13.0. The number of nitrogens with zero attached hydrogens (tertiary/aromatic N) is 1. The van der Waals surface area contributed by atoms with E-state index in [-0.39, 0.29) is 29.5 Å². The van der Waals surface area contributed by atoms with Gasteiger partial charge in [0.15, 0.2) is 5.13 Å². The highest BCUT2D eigenvalue weighted by atomic mass is 32.1. The number of hydrogen-bond acceptors (Lipinski definition) is 4. The topological polar surface area (TPSA) is 71.1 Å². The monoisotopic (exact) mass is 441 g/mol. The Kier molecular flexibility index (Phi) is 5.54. The molecule has 5 nitrogen and oxygen atoms in total. The summed E-state index contributed by atoms with van der Waals surface area (Å²) in [6.45, 7) is 0.361. The molecule has 0 spiro atoms. The minimum atomic E-state index is -0.253. The number of halogens is 1. The molecule has 2 amide bonds. The Hall–Kier alpha value is -2.28. The van der Waals surface area contributed by atoms with Gasteiger partial charge in [0.25, 0.3) is 0 Å². The molecule has 1 aromatic carbocycles. The Labute approximate surface area is 185 Å². The van der Waals surface area contributed by atoms with Crippen molar-refractivity contribution in [2.75, 3.05) is 11.9 Å². The van der Waals surface area contributed by atoms with Crippen LogP contribution in [0.25, 0.3) is 0 Å². The summed E-state index contributed by atoms with van der Waals surface area (Å²) in [5.41, 5.74) is 0.825. The minimum absolute atomic E-state index is 0.145. The zero-order chi connectivity index (χ0) is 21.4. The van der Waals surface area contributed by atoms with Crippen LogP contribution in [0.15, 0.2) is 30.5 Å². The van der Waals surface area contributed by atoms with Gasteiger partial charge >= 0.3 is 0 Å². The Morgan fingerprint density at radius 2 is 1.71 bits per heavy atom. The molecule has 4 aliphatic rings. The highest BCUT2D eigenvalue weighted by molar-refractivity contribution is 7.15. The van der Waals surface area contributed by atoms with E-state index in [1.807, 2.05) is 0 Å². The number of aromatic nitrogens is 1. The second-order valence-electron chi connectivity index (χ2n) is 9.69. The third kappa shape index (κ3) is 4.52. The SMILES string of the molecule is O=C(CCNC(=O)C12CC3CC(CC(C3)C1)C2)Nc1ncc(Cc2ccc(F)cc2)s1. The maximum atomic E-state index is 13.0. The van der Waals surface area contributed by atoms with E-state index in [0.29, 0.717) is 18.1 Å². The van der Waals surface area contributed by atoms with Gasteiger partial charge in [-0.25, -0.2) is 9.37 Å². The first-order valence-electron chi connectivity index (χ1n) is 11.2. The van der Waals surface area contributed by atoms with E-state index < -0.39 is 0 Å². The quantitative estimate of drug-likeness (QED) is 0.663. The molecule has 6 rings (SSSR count). The van der Waals surface area contributed by atoms with Gasteiger partial charge in [0.2, 0.25) is 11.8 Å². The zero-order valence-corrected chi connectivity index (χ0v) is 18.3. The van der Waals surface area contributed by atoms with Crippen molar-refractivity contribution in [3.8, 4) is 0 Å². The van der Waals surface area contributed by atoms with Gasteiger partial charge in [0.05, 0.1) is 0 Å². The molecule has 4 bridgehead atoms. The van der Waals surface area contributed by atoms with Crippen LogP contribution in [-0.2, 0) is 16.0 Å². The lowest BCUT2D eigenvalue weighted by molar-refractivity contribution is -0.146. The van der Waals surface area contributed by atoms with Crippen LogP contribution in [0.4, 0.5) is 9.52 Å². The first kappa shape index (κ1) is 20.6. The number of thiazole rings is 1. The number of anilines is 1. The van der Waals surface area contributed by atoms with Crippen LogP contribution in [0.2, 0.25) is 0 Å². The molecule has 7 heteroatoms. The summed E-state index contributed by atoms with van der Waals surface area (Å²) in [6.07, 6.45) is 9.66. The normalized spacial score (nSPS) is 28.5. The average molecular weight is 442 g/mol. The number of nitrogens with one attached hydrogen (secondary N) is 2. The fourth-order valence-corrected chi connectivity index (χ4v) is 7.16. The molecule has 0 atom stereocenters. The molecular formula is C24H28FN3O2S. The van der Waals surface area contributed by atoms with Gasteiger partial charge in [-0.1, -0.05) is 12.1 Å². The molecule has 0 unspecified atom stereocenters. The molecule has 1 aromatic heterocycles. The minimum Gasteiger partial charge on any atom is -0.355 e. The molecule has 4 aliphatic carbocycles. The van der Waals surface area contributed by atoms with Gasteiger partial charge in [0.1, 0.15) is 5.82 Å². The molecule has 4 saturated carbocycles. The lowest BCUT2D eigenvalue weighted by Gasteiger charge is -2.55. The predicted octanol–water partition coefficient (Wildman–Crippen LogP) is 4.53. The second-order valence-corrected chi connectivity index (χ2v) is 10.8. The van der Waals surface area contributed by atoms with Crippen molar-refractivity contribution < 1.29 is 14.0 Å². The summed E-state index contributed by atoms with van der Waals surface area (Å²) in [4.78, 5) is 30.5. The van der Waals surface area contributed by atoms with Crippen molar-refractivity contribution in [3.63, 3.8) is 0 Å². The Morgan fingerprint density at radius 3 is 2.35 bits per heavy atom. The number of hydrogen-bond donors (Lipinski definition) is 2. The highest BCUT2D eigenvalue weighted by Gasteiger charge is 2.54. The van der Waals surface area contributed by atoms with Crippen LogP contribution in [0.5, 0.6) is 0 Å². The first-order valence-corrected chi connectivity index (χ1v) is 12.1. The first-order chi connectivity index (χ1) is 15.0. The summed E-state index contributed by atoms with van der Waals surface area (Å²) in [5.74, 6) is 1.96. The molecule has 2 aromatic rings. The van der Waals surface area contributed by atoms with Gasteiger partial charge in [-0.15, -0.1) is 11.3 Å². The van der Waals surface area contributed by atoms with Crippen molar-refractivity contribution >= 4 is 28.3 Å². The van der Waals surface area contributed by atoms with Crippen LogP contribution in [0.3, 0.4) is 0 Å². The molecule has 0 radical (unpaired) electrons. The summed E-state index contributed by atoms with van der Waals surface area (Å²) >= 11 is 1.41. The van der Waals surface area contributed by atoms with Crippen molar-refractivity contribution in [3.05, 3.63) is 46.7 Å². The molecular weight excluding hydrogens is 413 g/mol. The van der Waals surface area contributed by atoms with Crippen molar-refractivity contribution in [1.82, 2.24) is 10.3 Å². The third-order valence-corrected chi connectivity index (χ3v) is 8.16. The van der Waals surface area contributed by atoms with Crippen molar-refractivity contribution in [1.29, 1.82) is 0 Å². The van der Waals surface area contributed by atoms with E-state index in [0.717, 1.165) is 47.5 Å². The van der Waals surface area contributed by atoms with E-state index in [1.165, 1.54) is 42.7 Å². The van der Waals surface area contributed by atoms with Gasteiger partial charge in [-0.05, 0) is 74.0 Å². The number of carbonyl (C=O) groups excluding carboxylic acids is 2. The number of rotatable bonds is 7. The van der Waals surface area contributed by atoms with Crippen LogP contribution >= 0.6 is 11.3 Å². The molecule has 1 heterocycles. The zero-order valence-electron chi connectivity index (χ0n) is 17.5. The Balaban J connectivity index is 1.08. The highest BCUT2D eigenvalue weighted by Crippen LogP contribution is 2.60. The number of carbonyl (C=O) groups is 2. The summed E-state index contributed by atoms with van der Waals surface area (Å²) in [6, 6.07) is 6.38. The van der Waals surface area contributed by atoms with Gasteiger partial charge in [-0.2, -0.15) is 0 Å². The summed E-state index contributed by atoms with van der Waals surface area (Å²) in [5, 5.41) is 6.43. The fourth-order valence-electron chi connectivity index (χ4n) is 6.30. The fraction of sp³-hybridized carbons (Fsp3) is 0.542. The molecule has 2 N–H and O–H groups in total. The molecule has 164 valence electrons. The largest absolute Gasteiger partial charge is 0.355 e. The molecule has 0 saturated heterocycles. The maximum Gasteiger partial charge on any atom is 0.227 e. The van der Waals surface area contributed by atoms with E-state index in [9.17, 15) is 14.0 Å². The smallest absolute Gasteiger partial charge is 0.227 e. The molecule has 0 aliphatic heterocycles. The van der Waals surface area contributed by atoms with Gasteiger partial charge < -0.3 is 10.6 Å². The van der Waals surface area contributed by atoms with Crippen LogP contribution in [0.1, 0.15) is 55.4 Å². The van der Waals surface area contributed by atoms with E-state index in [1.54, 1.807) is 18.3 Å². The predicted molar refractivity (Wildman–Crippen MR) is 118 cm³/mol. The van der Waals surface area contributed by atoms with Gasteiger partial charge in [0, 0.05) is 35.9 Å².